The molecule has 0 aromatic carbocycles. The highest BCUT2D eigenvalue weighted by Crippen LogP contribution is 2.26. The molecule has 0 amide bonds. The van der Waals surface area contributed by atoms with Crippen LogP contribution >= 0.6 is 0 Å². The monoisotopic (exact) mass is 226 g/mol. The standard InChI is InChI=1S/C14H30N2/c1-5-13(6-2)14(8-15)16-9-11(3)7-12(4)10-16/h11-14H,5-10,15H2,1-4H3. The van der Waals surface area contributed by atoms with E-state index in [4.69, 9.17) is 5.73 Å². The maximum Gasteiger partial charge on any atom is 0.0246 e. The van der Waals surface area contributed by atoms with E-state index in [-0.39, 0.29) is 0 Å². The van der Waals surface area contributed by atoms with Crippen LogP contribution in [-0.2, 0) is 0 Å². The van der Waals surface area contributed by atoms with Gasteiger partial charge in [0.15, 0.2) is 0 Å². The maximum atomic E-state index is 6.00. The smallest absolute Gasteiger partial charge is 0.0246 e. The first-order valence-electron chi connectivity index (χ1n) is 7.06. The zero-order valence-corrected chi connectivity index (χ0v) is 11.6. The first kappa shape index (κ1) is 14.0. The minimum Gasteiger partial charge on any atom is -0.329 e. The Morgan fingerprint density at radius 1 is 1.12 bits per heavy atom. The SMILES string of the molecule is CCC(CC)C(CN)N1CC(C)CC(C)C1. The van der Waals surface area contributed by atoms with Crippen LogP contribution in [0.5, 0.6) is 0 Å². The van der Waals surface area contributed by atoms with Crippen molar-refractivity contribution in [2.24, 2.45) is 23.5 Å². The highest BCUT2D eigenvalue weighted by Gasteiger charge is 2.29. The molecule has 0 saturated carbocycles. The average Bonchev–Trinajstić information content (AvgIpc) is 2.24. The molecule has 1 fully saturated rings. The first-order chi connectivity index (χ1) is 7.62. The van der Waals surface area contributed by atoms with Crippen LogP contribution in [-0.4, -0.2) is 30.6 Å². The van der Waals surface area contributed by atoms with Crippen LogP contribution in [0.1, 0.15) is 47.0 Å². The van der Waals surface area contributed by atoms with Gasteiger partial charge >= 0.3 is 0 Å². The minimum absolute atomic E-state index is 0.611. The number of rotatable bonds is 5. The molecule has 1 aliphatic rings. The Morgan fingerprint density at radius 3 is 2.00 bits per heavy atom. The second-order valence-corrected chi connectivity index (χ2v) is 5.78. The molecule has 0 radical (unpaired) electrons. The topological polar surface area (TPSA) is 29.3 Å². The van der Waals surface area contributed by atoms with E-state index in [1.54, 1.807) is 0 Å². The summed E-state index contributed by atoms with van der Waals surface area (Å²) in [6.07, 6.45) is 3.91. The molecule has 3 unspecified atom stereocenters. The van der Waals surface area contributed by atoms with Gasteiger partial charge in [-0.2, -0.15) is 0 Å². The summed E-state index contributed by atoms with van der Waals surface area (Å²) in [5.74, 6) is 2.46. The molecular formula is C14H30N2. The van der Waals surface area contributed by atoms with Crippen molar-refractivity contribution in [3.8, 4) is 0 Å². The molecule has 3 atom stereocenters. The Hall–Kier alpha value is -0.0800. The normalized spacial score (nSPS) is 29.6. The lowest BCUT2D eigenvalue weighted by molar-refractivity contribution is 0.0661. The summed E-state index contributed by atoms with van der Waals surface area (Å²) in [4.78, 5) is 2.66. The minimum atomic E-state index is 0.611. The van der Waals surface area contributed by atoms with Crippen molar-refractivity contribution in [3.63, 3.8) is 0 Å². The number of piperidine rings is 1. The first-order valence-corrected chi connectivity index (χ1v) is 7.06. The van der Waals surface area contributed by atoms with E-state index >= 15 is 0 Å². The molecule has 0 aromatic heterocycles. The highest BCUT2D eigenvalue weighted by molar-refractivity contribution is 4.84. The molecule has 0 bridgehead atoms. The van der Waals surface area contributed by atoms with Gasteiger partial charge in [-0.1, -0.05) is 40.5 Å². The molecule has 2 heteroatoms. The van der Waals surface area contributed by atoms with Crippen molar-refractivity contribution in [2.45, 2.75) is 53.0 Å². The third-order valence-corrected chi connectivity index (χ3v) is 4.20. The number of hydrogen-bond donors (Lipinski definition) is 1. The lowest BCUT2D eigenvalue weighted by Crippen LogP contribution is -2.51. The van der Waals surface area contributed by atoms with E-state index < -0.39 is 0 Å². The fourth-order valence-electron chi connectivity index (χ4n) is 3.45. The predicted molar refractivity (Wildman–Crippen MR) is 71.4 cm³/mol. The fourth-order valence-corrected chi connectivity index (χ4v) is 3.45. The summed E-state index contributed by atoms with van der Waals surface area (Å²) in [5.41, 5.74) is 6.00. The zero-order chi connectivity index (χ0) is 12.1. The maximum absolute atomic E-state index is 6.00. The van der Waals surface area contributed by atoms with Crippen LogP contribution in [0.3, 0.4) is 0 Å². The van der Waals surface area contributed by atoms with Crippen molar-refractivity contribution in [2.75, 3.05) is 19.6 Å². The predicted octanol–water partition coefficient (Wildman–Crippen LogP) is 2.73. The van der Waals surface area contributed by atoms with Crippen LogP contribution in [0.2, 0.25) is 0 Å². The molecule has 1 heterocycles. The molecule has 96 valence electrons. The van der Waals surface area contributed by atoms with Gasteiger partial charge in [0.05, 0.1) is 0 Å². The summed E-state index contributed by atoms with van der Waals surface area (Å²) in [6.45, 7) is 12.7. The molecule has 2 N–H and O–H groups in total. The molecule has 0 aromatic rings. The summed E-state index contributed by atoms with van der Waals surface area (Å²) in [5, 5.41) is 0. The van der Waals surface area contributed by atoms with Gasteiger partial charge in [0, 0.05) is 25.7 Å². The summed E-state index contributed by atoms with van der Waals surface area (Å²) >= 11 is 0. The molecule has 1 saturated heterocycles. The second-order valence-electron chi connectivity index (χ2n) is 5.78. The molecule has 0 aliphatic carbocycles. The Bertz CT molecular complexity index is 179. The highest BCUT2D eigenvalue weighted by atomic mass is 15.2. The zero-order valence-electron chi connectivity index (χ0n) is 11.6. The molecule has 1 aliphatic heterocycles. The average molecular weight is 226 g/mol. The van der Waals surface area contributed by atoms with E-state index in [2.05, 4.69) is 32.6 Å². The van der Waals surface area contributed by atoms with Gasteiger partial charge in [-0.25, -0.2) is 0 Å². The van der Waals surface area contributed by atoms with Crippen LogP contribution in [0, 0.1) is 17.8 Å². The Kier molecular flexibility index (Phi) is 5.77. The second kappa shape index (κ2) is 6.61. The lowest BCUT2D eigenvalue weighted by atomic mass is 9.86. The van der Waals surface area contributed by atoms with Gasteiger partial charge in [-0.3, -0.25) is 4.90 Å². The van der Waals surface area contributed by atoms with E-state index in [0.29, 0.717) is 6.04 Å². The van der Waals surface area contributed by atoms with Gasteiger partial charge in [0.2, 0.25) is 0 Å². The van der Waals surface area contributed by atoms with Crippen molar-refractivity contribution < 1.29 is 0 Å². The van der Waals surface area contributed by atoms with Crippen LogP contribution in [0.4, 0.5) is 0 Å². The Balaban J connectivity index is 2.63. The van der Waals surface area contributed by atoms with Gasteiger partial charge in [-0.15, -0.1) is 0 Å². The van der Waals surface area contributed by atoms with E-state index in [1.165, 1.54) is 32.4 Å². The fraction of sp³-hybridized carbons (Fsp3) is 1.00. The van der Waals surface area contributed by atoms with E-state index in [1.807, 2.05) is 0 Å². The summed E-state index contributed by atoms with van der Waals surface area (Å²) in [6, 6.07) is 0.611. The lowest BCUT2D eigenvalue weighted by Gasteiger charge is -2.42. The Morgan fingerprint density at radius 2 is 1.62 bits per heavy atom. The molecule has 16 heavy (non-hydrogen) atoms. The molecule has 0 spiro atoms. The quantitative estimate of drug-likeness (QED) is 0.781. The van der Waals surface area contributed by atoms with Crippen LogP contribution in [0.25, 0.3) is 0 Å². The van der Waals surface area contributed by atoms with Gasteiger partial charge < -0.3 is 5.73 Å². The van der Waals surface area contributed by atoms with Crippen molar-refractivity contribution in [1.82, 2.24) is 4.90 Å². The van der Waals surface area contributed by atoms with Crippen LogP contribution in [0.15, 0.2) is 0 Å². The van der Waals surface area contributed by atoms with Crippen molar-refractivity contribution in [3.05, 3.63) is 0 Å². The van der Waals surface area contributed by atoms with Gasteiger partial charge in [0.1, 0.15) is 0 Å². The van der Waals surface area contributed by atoms with Gasteiger partial charge in [0.25, 0.3) is 0 Å². The third kappa shape index (κ3) is 3.46. The van der Waals surface area contributed by atoms with Crippen molar-refractivity contribution in [1.29, 1.82) is 0 Å². The summed E-state index contributed by atoms with van der Waals surface area (Å²) in [7, 11) is 0. The number of hydrogen-bond acceptors (Lipinski definition) is 2. The third-order valence-electron chi connectivity index (χ3n) is 4.20. The number of nitrogens with zero attached hydrogens (tertiary/aromatic N) is 1. The van der Waals surface area contributed by atoms with Gasteiger partial charge in [-0.05, 0) is 24.2 Å². The molecular weight excluding hydrogens is 196 g/mol. The Labute approximate surface area is 102 Å². The van der Waals surface area contributed by atoms with Crippen molar-refractivity contribution >= 4 is 0 Å². The molecule has 1 rings (SSSR count). The largest absolute Gasteiger partial charge is 0.329 e. The van der Waals surface area contributed by atoms with Crippen LogP contribution < -0.4 is 5.73 Å². The molecule has 2 nitrogen and oxygen atoms in total. The number of likely N-dealkylation sites (tertiary alicyclic amines) is 1. The summed E-state index contributed by atoms with van der Waals surface area (Å²) < 4.78 is 0. The van der Waals surface area contributed by atoms with E-state index in [0.717, 1.165) is 24.3 Å². The van der Waals surface area contributed by atoms with E-state index in [9.17, 15) is 0 Å². The number of nitrogens with two attached hydrogens (primary N) is 1.